The molecule has 1 aromatic rings. The number of carboxylic acids is 1. The van der Waals surface area contributed by atoms with Gasteiger partial charge in [0.25, 0.3) is 0 Å². The van der Waals surface area contributed by atoms with Gasteiger partial charge in [0.2, 0.25) is 10.0 Å². The third kappa shape index (κ3) is 2.19. The van der Waals surface area contributed by atoms with E-state index in [1.807, 2.05) is 0 Å². The molecule has 1 aliphatic rings. The third-order valence-electron chi connectivity index (χ3n) is 2.72. The number of nitrogens with zero attached hydrogens (tertiary/aromatic N) is 1. The molecule has 0 fully saturated rings. The second-order valence-electron chi connectivity index (χ2n) is 4.00. The molecule has 2 rings (SSSR count). The molecule has 98 valence electrons. The highest BCUT2D eigenvalue weighted by Crippen LogP contribution is 2.33. The lowest BCUT2D eigenvalue weighted by Gasteiger charge is -2.16. The summed E-state index contributed by atoms with van der Waals surface area (Å²) in [5.74, 6) is -0.857. The van der Waals surface area contributed by atoms with Gasteiger partial charge in [-0.1, -0.05) is 12.1 Å². The molecule has 0 aliphatic carbocycles. The summed E-state index contributed by atoms with van der Waals surface area (Å²) in [5, 5.41) is 8.65. The van der Waals surface area contributed by atoms with Gasteiger partial charge in [-0.25, -0.2) is 8.42 Å². The van der Waals surface area contributed by atoms with E-state index in [1.54, 1.807) is 12.1 Å². The van der Waals surface area contributed by atoms with E-state index in [4.69, 9.17) is 9.84 Å². The summed E-state index contributed by atoms with van der Waals surface area (Å²) in [5.41, 5.74) is 0.833. The number of rotatable bonds is 4. The minimum Gasteiger partial charge on any atom is -0.492 e. The fraction of sp³-hybridized carbons (Fsp3) is 0.364. The van der Waals surface area contributed by atoms with E-state index < -0.39 is 22.5 Å². The fourth-order valence-electron chi connectivity index (χ4n) is 1.83. The van der Waals surface area contributed by atoms with Gasteiger partial charge < -0.3 is 9.84 Å². The van der Waals surface area contributed by atoms with Gasteiger partial charge in [-0.05, 0) is 11.6 Å². The van der Waals surface area contributed by atoms with Gasteiger partial charge in [0.15, 0.2) is 0 Å². The molecule has 0 unspecified atom stereocenters. The minimum atomic E-state index is -3.83. The summed E-state index contributed by atoms with van der Waals surface area (Å²) >= 11 is 0. The van der Waals surface area contributed by atoms with Crippen molar-refractivity contribution < 1.29 is 23.1 Å². The van der Waals surface area contributed by atoms with Crippen LogP contribution in [0.5, 0.6) is 5.75 Å². The number of likely N-dealkylation sites (N-methyl/N-ethyl adjacent to an activating group) is 1. The number of fused-ring (bicyclic) bond motifs is 1. The maximum absolute atomic E-state index is 12.2. The van der Waals surface area contributed by atoms with Gasteiger partial charge in [0, 0.05) is 13.5 Å². The number of hydrogen-bond donors (Lipinski definition) is 1. The lowest BCUT2D eigenvalue weighted by atomic mass is 10.2. The first kappa shape index (κ1) is 12.8. The molecular weight excluding hydrogens is 258 g/mol. The number of carbonyl (C=O) groups is 1. The quantitative estimate of drug-likeness (QED) is 0.853. The average molecular weight is 271 g/mol. The van der Waals surface area contributed by atoms with E-state index in [0.29, 0.717) is 18.8 Å². The predicted octanol–water partition coefficient (Wildman–Crippen LogP) is 0.327. The number of hydrogen-bond acceptors (Lipinski definition) is 4. The van der Waals surface area contributed by atoms with Crippen molar-refractivity contribution >= 4 is 16.0 Å². The standard InChI is InChI=1S/C11H13NO5S/c1-12(7-10(13)14)18(15,16)9-4-2-3-8-5-6-17-11(8)9/h2-4H,5-7H2,1H3,(H,13,14). The summed E-state index contributed by atoms with van der Waals surface area (Å²) in [6.07, 6.45) is 0.668. The van der Waals surface area contributed by atoms with Crippen LogP contribution in [-0.2, 0) is 21.2 Å². The molecule has 0 atom stereocenters. The van der Waals surface area contributed by atoms with Gasteiger partial charge in [-0.3, -0.25) is 4.79 Å². The Hall–Kier alpha value is -1.60. The average Bonchev–Trinajstić information content (AvgIpc) is 2.75. The zero-order valence-corrected chi connectivity index (χ0v) is 10.6. The number of para-hydroxylation sites is 1. The van der Waals surface area contributed by atoms with E-state index in [1.165, 1.54) is 13.1 Å². The molecule has 0 aromatic heterocycles. The second-order valence-corrected chi connectivity index (χ2v) is 6.01. The largest absolute Gasteiger partial charge is 0.492 e. The molecule has 0 saturated carbocycles. The van der Waals surface area contributed by atoms with Crippen LogP contribution in [0.4, 0.5) is 0 Å². The minimum absolute atomic E-state index is 0.0289. The summed E-state index contributed by atoms with van der Waals surface area (Å²) in [6, 6.07) is 4.87. The molecule has 0 saturated heterocycles. The van der Waals surface area contributed by atoms with Crippen molar-refractivity contribution in [2.75, 3.05) is 20.2 Å². The molecule has 0 radical (unpaired) electrons. The Labute approximate surface area is 105 Å². The molecule has 1 heterocycles. The Morgan fingerprint density at radius 1 is 1.50 bits per heavy atom. The number of ether oxygens (including phenoxy) is 1. The van der Waals surface area contributed by atoms with Crippen LogP contribution in [0.3, 0.4) is 0 Å². The maximum Gasteiger partial charge on any atom is 0.318 e. The Bertz CT molecular complexity index is 581. The first-order chi connectivity index (χ1) is 8.43. The Balaban J connectivity index is 2.42. The molecule has 1 aromatic carbocycles. The van der Waals surface area contributed by atoms with Crippen LogP contribution >= 0.6 is 0 Å². The molecule has 18 heavy (non-hydrogen) atoms. The molecule has 6 nitrogen and oxygen atoms in total. The molecule has 1 N–H and O–H groups in total. The number of benzene rings is 1. The molecular formula is C11H13NO5S. The monoisotopic (exact) mass is 271 g/mol. The van der Waals surface area contributed by atoms with Crippen molar-refractivity contribution in [3.8, 4) is 5.75 Å². The van der Waals surface area contributed by atoms with Crippen molar-refractivity contribution in [1.29, 1.82) is 0 Å². The molecule has 1 aliphatic heterocycles. The van der Waals surface area contributed by atoms with Crippen LogP contribution in [-0.4, -0.2) is 44.0 Å². The smallest absolute Gasteiger partial charge is 0.318 e. The lowest BCUT2D eigenvalue weighted by molar-refractivity contribution is -0.137. The SMILES string of the molecule is CN(CC(=O)O)S(=O)(=O)c1cccc2c1OCC2. The van der Waals surface area contributed by atoms with Crippen LogP contribution in [0.15, 0.2) is 23.1 Å². The normalized spacial score (nSPS) is 14.3. The maximum atomic E-state index is 12.2. The van der Waals surface area contributed by atoms with Crippen molar-refractivity contribution in [3.05, 3.63) is 23.8 Å². The fourth-order valence-corrected chi connectivity index (χ4v) is 3.12. The van der Waals surface area contributed by atoms with E-state index >= 15 is 0 Å². The van der Waals surface area contributed by atoms with Gasteiger partial charge in [-0.15, -0.1) is 0 Å². The van der Waals surface area contributed by atoms with Crippen molar-refractivity contribution in [3.63, 3.8) is 0 Å². The Kier molecular flexibility index (Phi) is 3.27. The lowest BCUT2D eigenvalue weighted by Crippen LogP contribution is -2.32. The third-order valence-corrected chi connectivity index (χ3v) is 4.55. The van der Waals surface area contributed by atoms with Gasteiger partial charge in [-0.2, -0.15) is 4.31 Å². The zero-order chi connectivity index (χ0) is 13.3. The van der Waals surface area contributed by atoms with Crippen LogP contribution in [0.1, 0.15) is 5.56 Å². The van der Waals surface area contributed by atoms with E-state index in [9.17, 15) is 13.2 Å². The second kappa shape index (κ2) is 4.58. The van der Waals surface area contributed by atoms with Crippen LogP contribution in [0, 0.1) is 0 Å². The topological polar surface area (TPSA) is 83.9 Å². The van der Waals surface area contributed by atoms with Crippen molar-refractivity contribution in [1.82, 2.24) is 4.31 Å². The van der Waals surface area contributed by atoms with E-state index in [-0.39, 0.29) is 4.90 Å². The zero-order valence-electron chi connectivity index (χ0n) is 9.79. The highest BCUT2D eigenvalue weighted by molar-refractivity contribution is 7.89. The van der Waals surface area contributed by atoms with Crippen molar-refractivity contribution in [2.45, 2.75) is 11.3 Å². The molecule has 7 heteroatoms. The number of aliphatic carboxylic acids is 1. The van der Waals surface area contributed by atoms with Crippen LogP contribution < -0.4 is 4.74 Å². The van der Waals surface area contributed by atoms with Gasteiger partial charge in [0.1, 0.15) is 17.2 Å². The molecule has 0 amide bonds. The van der Waals surface area contributed by atoms with Crippen LogP contribution in [0.2, 0.25) is 0 Å². The number of carboxylic acid groups (broad SMARTS) is 1. The van der Waals surface area contributed by atoms with E-state index in [0.717, 1.165) is 9.87 Å². The summed E-state index contributed by atoms with van der Waals surface area (Å²) in [7, 11) is -2.60. The highest BCUT2D eigenvalue weighted by atomic mass is 32.2. The Morgan fingerprint density at radius 2 is 2.22 bits per heavy atom. The molecule has 0 spiro atoms. The van der Waals surface area contributed by atoms with Crippen LogP contribution in [0.25, 0.3) is 0 Å². The first-order valence-electron chi connectivity index (χ1n) is 5.36. The summed E-state index contributed by atoms with van der Waals surface area (Å²) < 4.78 is 30.5. The molecule has 0 bridgehead atoms. The van der Waals surface area contributed by atoms with Gasteiger partial charge in [0.05, 0.1) is 6.61 Å². The Morgan fingerprint density at radius 3 is 2.89 bits per heavy atom. The van der Waals surface area contributed by atoms with Gasteiger partial charge >= 0.3 is 5.97 Å². The number of sulfonamides is 1. The van der Waals surface area contributed by atoms with Crippen molar-refractivity contribution in [2.24, 2.45) is 0 Å². The summed E-state index contributed by atoms with van der Waals surface area (Å²) in [6.45, 7) is -0.128. The van der Waals surface area contributed by atoms with E-state index in [2.05, 4.69) is 0 Å². The summed E-state index contributed by atoms with van der Waals surface area (Å²) in [4.78, 5) is 10.6. The predicted molar refractivity (Wildman–Crippen MR) is 63.1 cm³/mol. The first-order valence-corrected chi connectivity index (χ1v) is 6.80. The highest BCUT2D eigenvalue weighted by Gasteiger charge is 2.29.